The molecule has 0 aliphatic rings. The lowest BCUT2D eigenvalue weighted by atomic mass is 10.2. The number of hydrogen-bond acceptors (Lipinski definition) is 3. The summed E-state index contributed by atoms with van der Waals surface area (Å²) < 4.78 is 1.71. The average molecular weight is 312 g/mol. The summed E-state index contributed by atoms with van der Waals surface area (Å²) in [6.07, 6.45) is 6.89. The number of benzene rings is 1. The van der Waals surface area contributed by atoms with E-state index in [-0.39, 0.29) is 5.91 Å². The molecule has 1 aromatic carbocycles. The normalized spacial score (nSPS) is 10.9. The molecule has 5 nitrogen and oxygen atoms in total. The minimum Gasteiger partial charge on any atom is -0.370 e. The van der Waals surface area contributed by atoms with Crippen molar-refractivity contribution in [2.24, 2.45) is 7.05 Å². The van der Waals surface area contributed by atoms with E-state index in [1.165, 1.54) is 11.3 Å². The highest BCUT2D eigenvalue weighted by molar-refractivity contribution is 5.91. The summed E-state index contributed by atoms with van der Waals surface area (Å²) >= 11 is 0. The Labute approximate surface area is 137 Å². The molecule has 2 rings (SSSR count). The van der Waals surface area contributed by atoms with Gasteiger partial charge in [-0.25, -0.2) is 0 Å². The van der Waals surface area contributed by atoms with Gasteiger partial charge < -0.3 is 10.2 Å². The molecule has 0 aliphatic carbocycles. The Morgan fingerprint density at radius 1 is 1.43 bits per heavy atom. The van der Waals surface area contributed by atoms with Crippen LogP contribution in [0.4, 0.5) is 5.69 Å². The maximum atomic E-state index is 11.8. The Balaban J connectivity index is 1.81. The summed E-state index contributed by atoms with van der Waals surface area (Å²) in [5.74, 6) is -0.0888. The molecule has 0 unspecified atom stereocenters. The van der Waals surface area contributed by atoms with Crippen molar-refractivity contribution in [3.63, 3.8) is 0 Å². The lowest BCUT2D eigenvalue weighted by Crippen LogP contribution is -2.34. The van der Waals surface area contributed by atoms with Crippen LogP contribution >= 0.6 is 0 Å². The summed E-state index contributed by atoms with van der Waals surface area (Å²) in [5, 5.41) is 6.97. The fourth-order valence-electron chi connectivity index (χ4n) is 2.37. The third-order valence-corrected chi connectivity index (χ3v) is 3.58. The van der Waals surface area contributed by atoms with Crippen molar-refractivity contribution in [3.05, 3.63) is 53.9 Å². The zero-order valence-electron chi connectivity index (χ0n) is 14.0. The van der Waals surface area contributed by atoms with Crippen LogP contribution in [0.25, 0.3) is 6.08 Å². The zero-order valence-corrected chi connectivity index (χ0v) is 14.0. The maximum Gasteiger partial charge on any atom is 0.244 e. The van der Waals surface area contributed by atoms with Crippen molar-refractivity contribution >= 4 is 17.7 Å². The second kappa shape index (κ2) is 8.17. The number of carbonyl (C=O) groups is 1. The summed E-state index contributed by atoms with van der Waals surface area (Å²) in [7, 11) is 1.85. The molecule has 0 atom stereocenters. The number of nitrogens with one attached hydrogen (secondary N) is 1. The molecular weight excluding hydrogens is 288 g/mol. The monoisotopic (exact) mass is 312 g/mol. The number of amides is 1. The van der Waals surface area contributed by atoms with E-state index in [4.69, 9.17) is 0 Å². The second-order valence-electron chi connectivity index (χ2n) is 5.49. The van der Waals surface area contributed by atoms with Gasteiger partial charge in [0.2, 0.25) is 5.91 Å². The van der Waals surface area contributed by atoms with E-state index < -0.39 is 0 Å². The summed E-state index contributed by atoms with van der Waals surface area (Å²) in [5.41, 5.74) is 3.34. The second-order valence-corrected chi connectivity index (χ2v) is 5.49. The predicted molar refractivity (Wildman–Crippen MR) is 94.3 cm³/mol. The highest BCUT2D eigenvalue weighted by atomic mass is 16.1. The molecule has 5 heteroatoms. The van der Waals surface area contributed by atoms with Crippen LogP contribution in [0.1, 0.15) is 18.1 Å². The molecular formula is C18H24N4O. The molecule has 0 radical (unpaired) electrons. The van der Waals surface area contributed by atoms with Crippen molar-refractivity contribution < 1.29 is 4.79 Å². The first-order valence-electron chi connectivity index (χ1n) is 7.84. The Morgan fingerprint density at radius 2 is 2.26 bits per heavy atom. The molecule has 0 bridgehead atoms. The van der Waals surface area contributed by atoms with Crippen LogP contribution in [0, 0.1) is 6.92 Å². The minimum absolute atomic E-state index is 0.0888. The van der Waals surface area contributed by atoms with Gasteiger partial charge >= 0.3 is 0 Å². The van der Waals surface area contributed by atoms with Gasteiger partial charge in [0.25, 0.3) is 0 Å². The van der Waals surface area contributed by atoms with Gasteiger partial charge in [-0.1, -0.05) is 12.1 Å². The van der Waals surface area contributed by atoms with Gasteiger partial charge in [-0.05, 0) is 37.6 Å². The zero-order chi connectivity index (χ0) is 16.7. The minimum atomic E-state index is -0.0888. The quantitative estimate of drug-likeness (QED) is 0.799. The van der Waals surface area contributed by atoms with Crippen LogP contribution in [0.5, 0.6) is 0 Å². The summed E-state index contributed by atoms with van der Waals surface area (Å²) in [4.78, 5) is 14.1. The average Bonchev–Trinajstić information content (AvgIpc) is 2.95. The molecule has 1 aromatic heterocycles. The van der Waals surface area contributed by atoms with Crippen LogP contribution in [-0.2, 0) is 11.8 Å². The van der Waals surface area contributed by atoms with Crippen LogP contribution < -0.4 is 10.2 Å². The number of anilines is 1. The highest BCUT2D eigenvalue weighted by Crippen LogP contribution is 2.14. The smallest absolute Gasteiger partial charge is 0.244 e. The largest absolute Gasteiger partial charge is 0.370 e. The van der Waals surface area contributed by atoms with Crippen LogP contribution in [0.3, 0.4) is 0 Å². The molecule has 1 N–H and O–H groups in total. The first kappa shape index (κ1) is 16.8. The maximum absolute atomic E-state index is 11.8. The molecule has 0 fully saturated rings. The number of aryl methyl sites for hydroxylation is 2. The van der Waals surface area contributed by atoms with Crippen molar-refractivity contribution in [3.8, 4) is 0 Å². The topological polar surface area (TPSA) is 50.2 Å². The Kier molecular flexibility index (Phi) is 5.97. The number of nitrogens with zero attached hydrogens (tertiary/aromatic N) is 3. The SMILES string of the molecule is CCN(CCNC(=O)/C=C\c1cnn(C)c1)c1cccc(C)c1. The van der Waals surface area contributed by atoms with E-state index in [2.05, 4.69) is 53.4 Å². The van der Waals surface area contributed by atoms with E-state index in [1.807, 2.05) is 13.2 Å². The Morgan fingerprint density at radius 3 is 2.91 bits per heavy atom. The van der Waals surface area contributed by atoms with E-state index >= 15 is 0 Å². The summed E-state index contributed by atoms with van der Waals surface area (Å²) in [6, 6.07) is 8.40. The lowest BCUT2D eigenvalue weighted by molar-refractivity contribution is -0.116. The van der Waals surface area contributed by atoms with Gasteiger partial charge in [-0.15, -0.1) is 0 Å². The van der Waals surface area contributed by atoms with E-state index in [9.17, 15) is 4.79 Å². The predicted octanol–water partition coefficient (Wildman–Crippen LogP) is 2.38. The van der Waals surface area contributed by atoms with Crippen molar-refractivity contribution in [2.45, 2.75) is 13.8 Å². The van der Waals surface area contributed by atoms with Crippen molar-refractivity contribution in [1.29, 1.82) is 0 Å². The molecule has 1 heterocycles. The molecule has 2 aromatic rings. The highest BCUT2D eigenvalue weighted by Gasteiger charge is 2.04. The van der Waals surface area contributed by atoms with E-state index in [1.54, 1.807) is 23.0 Å². The van der Waals surface area contributed by atoms with Gasteiger partial charge in [-0.3, -0.25) is 9.48 Å². The lowest BCUT2D eigenvalue weighted by Gasteiger charge is -2.23. The van der Waals surface area contributed by atoms with Crippen LogP contribution in [-0.4, -0.2) is 35.3 Å². The Hall–Kier alpha value is -2.56. The van der Waals surface area contributed by atoms with Crippen molar-refractivity contribution in [1.82, 2.24) is 15.1 Å². The first-order valence-corrected chi connectivity index (χ1v) is 7.84. The number of aromatic nitrogens is 2. The molecule has 0 aliphatic heterocycles. The van der Waals surface area contributed by atoms with E-state index in [0.717, 1.165) is 18.7 Å². The van der Waals surface area contributed by atoms with Gasteiger partial charge in [0.1, 0.15) is 0 Å². The van der Waals surface area contributed by atoms with E-state index in [0.29, 0.717) is 6.54 Å². The van der Waals surface area contributed by atoms with Crippen LogP contribution in [0.2, 0.25) is 0 Å². The fraction of sp³-hybridized carbons (Fsp3) is 0.333. The number of carbonyl (C=O) groups excluding carboxylic acids is 1. The van der Waals surface area contributed by atoms with Crippen molar-refractivity contribution in [2.75, 3.05) is 24.5 Å². The third-order valence-electron chi connectivity index (χ3n) is 3.58. The fourth-order valence-corrected chi connectivity index (χ4v) is 2.37. The molecule has 0 saturated heterocycles. The first-order chi connectivity index (χ1) is 11.1. The number of rotatable bonds is 7. The molecule has 0 spiro atoms. The standard InChI is InChI=1S/C18H24N4O/c1-4-22(17-7-5-6-15(2)12-17)11-10-19-18(23)9-8-16-13-20-21(3)14-16/h5-9,12-14H,4,10-11H2,1-3H3,(H,19,23)/b9-8-. The third kappa shape index (κ3) is 5.29. The molecule has 0 saturated carbocycles. The number of hydrogen-bond donors (Lipinski definition) is 1. The molecule has 122 valence electrons. The molecule has 1 amide bonds. The van der Waals surface area contributed by atoms with Gasteiger partial charge in [0.15, 0.2) is 0 Å². The molecule has 23 heavy (non-hydrogen) atoms. The van der Waals surface area contributed by atoms with Crippen LogP contribution in [0.15, 0.2) is 42.7 Å². The van der Waals surface area contributed by atoms with Gasteiger partial charge in [0.05, 0.1) is 6.20 Å². The summed E-state index contributed by atoms with van der Waals surface area (Å²) in [6.45, 7) is 6.50. The number of likely N-dealkylation sites (N-methyl/N-ethyl adjacent to an activating group) is 1. The van der Waals surface area contributed by atoms with Gasteiger partial charge in [0, 0.05) is 50.2 Å². The van der Waals surface area contributed by atoms with Gasteiger partial charge in [-0.2, -0.15) is 5.10 Å². The Bertz CT molecular complexity index is 675.